The maximum absolute atomic E-state index is 12.6. The molecule has 584 valence electrons. The van der Waals surface area contributed by atoms with Gasteiger partial charge in [-0.25, -0.2) is 15.0 Å². The summed E-state index contributed by atoms with van der Waals surface area (Å²) in [5, 5.41) is 29.2. The second-order valence-corrected chi connectivity index (χ2v) is 34.2. The maximum Gasteiger partial charge on any atom is 0.494 e. The molecule has 107 heavy (non-hydrogen) atoms. The minimum atomic E-state index is -0.409. The summed E-state index contributed by atoms with van der Waals surface area (Å²) < 4.78 is 15.0. The summed E-state index contributed by atoms with van der Waals surface area (Å²) in [7, 11) is -0.409. The zero-order chi connectivity index (χ0) is 76.7. The van der Waals surface area contributed by atoms with Crippen LogP contribution in [0.4, 0.5) is 17.5 Å². The Balaban J connectivity index is 0.000000187. The van der Waals surface area contributed by atoms with Gasteiger partial charge < -0.3 is 49.4 Å². The van der Waals surface area contributed by atoms with Crippen molar-refractivity contribution in [1.82, 2.24) is 30.1 Å². The molecule has 4 N–H and O–H groups in total. The number of pyridine rings is 3. The summed E-state index contributed by atoms with van der Waals surface area (Å²) >= 11 is 10.2. The van der Waals surface area contributed by atoms with Crippen molar-refractivity contribution in [2.45, 2.75) is 193 Å². The maximum atomic E-state index is 12.6. The van der Waals surface area contributed by atoms with E-state index in [0.717, 1.165) is 232 Å². The van der Waals surface area contributed by atoms with Crippen molar-refractivity contribution in [1.29, 1.82) is 0 Å². The average molecular weight is 1680 g/mol. The molecule has 23 heteroatoms. The number of aliphatic hydroxyl groups excluding tert-OH is 3. The van der Waals surface area contributed by atoms with Gasteiger partial charge in [0.25, 0.3) is 0 Å². The third kappa shape index (κ3) is 25.9. The van der Waals surface area contributed by atoms with Crippen LogP contribution in [-0.2, 0) is 30.3 Å². The first-order chi connectivity index (χ1) is 50.6. The number of aldehydes is 1. The number of aromatic nitrogens is 3. The molecule has 3 aromatic carbocycles. The number of nitrogens with one attached hydrogen (secondary N) is 1. The molecular weight excluding hydrogens is 1560 g/mol. The molecule has 0 saturated carbocycles. The fourth-order valence-electron chi connectivity index (χ4n) is 14.2. The Morgan fingerprint density at radius 2 is 0.869 bits per heavy atom. The summed E-state index contributed by atoms with van der Waals surface area (Å²) in [6, 6.07) is 36.7. The summed E-state index contributed by atoms with van der Waals surface area (Å²) in [5.41, 5.74) is 8.51. The van der Waals surface area contributed by atoms with E-state index in [1.807, 2.05) is 82.3 Å². The van der Waals surface area contributed by atoms with Gasteiger partial charge in [0.2, 0.25) is 0 Å². The second-order valence-electron chi connectivity index (χ2n) is 31.6. The molecule has 0 bridgehead atoms. The molecule has 0 atom stereocenters. The number of unbranched alkanes of at least 4 members (excludes halogenated alkanes) is 6. The lowest BCUT2D eigenvalue weighted by atomic mass is 9.69. The number of hydrogen-bond donors (Lipinski definition) is 4. The van der Waals surface area contributed by atoms with Crippen LogP contribution >= 0.6 is 60.2 Å². The van der Waals surface area contributed by atoms with E-state index in [1.165, 1.54) is 17.5 Å². The summed E-state index contributed by atoms with van der Waals surface area (Å²) in [6.07, 6.45) is 14.1. The van der Waals surface area contributed by atoms with E-state index in [1.54, 1.807) is 0 Å². The normalized spacial score (nSPS) is 18.8. The summed E-state index contributed by atoms with van der Waals surface area (Å²) in [6.45, 7) is 37.1. The Morgan fingerprint density at radius 3 is 1.32 bits per heavy atom. The van der Waals surface area contributed by atoms with Crippen LogP contribution in [0.3, 0.4) is 0 Å². The van der Waals surface area contributed by atoms with Crippen LogP contribution in [0.5, 0.6) is 0 Å². The van der Waals surface area contributed by atoms with Crippen molar-refractivity contribution < 1.29 is 43.8 Å². The number of carbonyl (C=O) groups is 4. The van der Waals surface area contributed by atoms with E-state index in [9.17, 15) is 19.2 Å². The molecule has 0 unspecified atom stereocenters. The number of benzene rings is 3. The molecule has 4 aliphatic heterocycles. The van der Waals surface area contributed by atoms with Crippen LogP contribution in [0, 0.1) is 0 Å². The summed E-state index contributed by atoms with van der Waals surface area (Å²) in [4.78, 5) is 72.1. The van der Waals surface area contributed by atoms with Gasteiger partial charge in [0.1, 0.15) is 32.9 Å². The van der Waals surface area contributed by atoms with Gasteiger partial charge in [0.05, 0.1) is 16.9 Å². The van der Waals surface area contributed by atoms with E-state index in [-0.39, 0.29) is 63.8 Å². The Bertz CT molecular complexity index is 3810. The highest BCUT2D eigenvalue weighted by atomic mass is 79.9. The lowest BCUT2D eigenvalue weighted by Gasteiger charge is -2.35. The molecular formula is C84H118BBr3ClN9O9. The van der Waals surface area contributed by atoms with Crippen LogP contribution in [-0.4, -0.2) is 193 Å². The number of aliphatic hydroxyl groups is 3. The molecule has 0 amide bonds. The lowest BCUT2D eigenvalue weighted by molar-refractivity contribution is -0.108. The van der Waals surface area contributed by atoms with E-state index in [0.29, 0.717) is 38.9 Å². The fourth-order valence-corrected chi connectivity index (χ4v) is 15.3. The molecule has 6 aromatic rings. The molecule has 0 spiro atoms. The third-order valence-corrected chi connectivity index (χ3v) is 23.2. The highest BCUT2D eigenvalue weighted by Gasteiger charge is 2.52. The van der Waals surface area contributed by atoms with E-state index in [2.05, 4.69) is 184 Å². The number of ketones is 3. The number of anilines is 3. The number of hydrogen-bond acceptors (Lipinski definition) is 18. The molecule has 3 aliphatic carbocycles. The minimum Gasteiger partial charge on any atom is -0.399 e. The van der Waals surface area contributed by atoms with Gasteiger partial charge in [-0.15, -0.1) is 12.4 Å². The largest absolute Gasteiger partial charge is 0.494 e. The number of halogens is 4. The van der Waals surface area contributed by atoms with Crippen molar-refractivity contribution >= 4 is 114 Å². The predicted molar refractivity (Wildman–Crippen MR) is 448 cm³/mol. The highest BCUT2D eigenvalue weighted by Crippen LogP contribution is 2.42. The Hall–Kier alpha value is -5.34. The molecule has 7 heterocycles. The first kappa shape index (κ1) is 88.9. The number of Topliss-reactive ketones (excluding diaryl/α,β-unsaturated/α-hetero) is 3. The number of piperazine rings is 3. The molecule has 13 rings (SSSR count). The SMILES string of the molecule is Brc1cccc(N2CCNCC2)n1.CC1(C)CCC(=O)c2cc(-c3cccc(N4CCN(CCCCCO)CC4)n3)ccc21.CC1(C)CCC(=O)c2cc(B3OC(C)(C)C(C)(C)O3)ccc21.CC1(C)CCC(=O)c2cc(Br)ccc21.Cl.O=CCCCCO.OCCCCCN1CCN(c2cccc(Br)n2)CC1. The second kappa shape index (κ2) is 42.3. The van der Waals surface area contributed by atoms with E-state index < -0.39 is 7.12 Å². The zero-order valence-electron chi connectivity index (χ0n) is 65.1. The topological polar surface area (TPSA) is 214 Å². The van der Waals surface area contributed by atoms with Gasteiger partial charge in [-0.3, -0.25) is 24.2 Å². The van der Waals surface area contributed by atoms with Crippen molar-refractivity contribution in [2.24, 2.45) is 0 Å². The van der Waals surface area contributed by atoms with E-state index in [4.69, 9.17) is 29.6 Å². The number of fused-ring (bicyclic) bond motifs is 3. The highest BCUT2D eigenvalue weighted by molar-refractivity contribution is 9.11. The summed E-state index contributed by atoms with van der Waals surface area (Å²) in [5.74, 6) is 3.91. The fraction of sp³-hybridized carbons (Fsp3) is 0.560. The van der Waals surface area contributed by atoms with Crippen LogP contribution in [0.1, 0.15) is 213 Å². The molecule has 4 saturated heterocycles. The van der Waals surface area contributed by atoms with Crippen LogP contribution in [0.15, 0.2) is 123 Å². The predicted octanol–water partition coefficient (Wildman–Crippen LogP) is 15.4. The van der Waals surface area contributed by atoms with E-state index >= 15 is 0 Å². The van der Waals surface area contributed by atoms with Gasteiger partial charge in [0.15, 0.2) is 17.3 Å². The van der Waals surface area contributed by atoms with Crippen LogP contribution in [0.2, 0.25) is 0 Å². The first-order valence-corrected chi connectivity index (χ1v) is 40.9. The van der Waals surface area contributed by atoms with Crippen molar-refractivity contribution in [3.05, 3.63) is 156 Å². The minimum absolute atomic E-state index is 0. The first-order valence-electron chi connectivity index (χ1n) is 38.5. The van der Waals surface area contributed by atoms with Crippen LogP contribution < -0.4 is 25.5 Å². The molecule has 4 fully saturated rings. The Kier molecular flexibility index (Phi) is 35.2. The van der Waals surface area contributed by atoms with Gasteiger partial charge in [-0.2, -0.15) is 0 Å². The Morgan fingerprint density at radius 1 is 0.467 bits per heavy atom. The number of rotatable bonds is 19. The standard InChI is InChI=1S/C26H35N3O2.C18H25BO3.C14H22BrN3O.C12H13BrO.C9H12BrN3.C5H10O2.ClH/c1-26(2)12-11-24(31)21-19-20(9-10-22(21)26)23-7-6-8-25(27-23)29-16-14-28(15-17-29)13-4-3-5-18-30;1-16(2)10-9-15(20)13-11-12(7-8-14(13)16)19-21-17(3,4)18(5,6)22-19;15-13-5-4-6-14(16-13)18-10-8-17(9-11-18)7-2-1-3-12-19;1-12(2)6-5-11(14)9-7-8(13)3-4-10(9)12;10-8-2-1-3-9(12-8)13-6-4-11-5-7-13;6-4-2-1-3-5-7;/h6-10,19,30H,3-5,11-18H2,1-2H3;7-8,11H,9-10H2,1-6H3;4-6,19H,1-3,7-12H2;3-4,7H,5-6H2,1-2H3;1-3,11H,4-7H2;4,7H,1-3,5H2;1H. The van der Waals surface area contributed by atoms with Crippen LogP contribution in [0.25, 0.3) is 11.3 Å². The Labute approximate surface area is 669 Å². The third-order valence-electron chi connectivity index (χ3n) is 21.8. The van der Waals surface area contributed by atoms with Gasteiger partial charge >= 0.3 is 7.12 Å². The van der Waals surface area contributed by atoms with Crippen molar-refractivity contribution in [3.63, 3.8) is 0 Å². The quantitative estimate of drug-likeness (QED) is 0.0257. The molecule has 0 radical (unpaired) electrons. The van der Waals surface area contributed by atoms with Crippen molar-refractivity contribution in [3.8, 4) is 11.3 Å². The average Bonchev–Trinajstić information content (AvgIpc) is 1.62. The molecule has 18 nitrogen and oxygen atoms in total. The van der Waals surface area contributed by atoms with Gasteiger partial charge in [0, 0.05) is 151 Å². The van der Waals surface area contributed by atoms with Gasteiger partial charge in [-0.1, -0.05) is 112 Å². The smallest absolute Gasteiger partial charge is 0.399 e. The van der Waals surface area contributed by atoms with Crippen molar-refractivity contribution in [2.75, 3.05) is 126 Å². The number of nitrogens with zero attached hydrogens (tertiary/aromatic N) is 8. The lowest BCUT2D eigenvalue weighted by Crippen LogP contribution is -2.46. The van der Waals surface area contributed by atoms with Gasteiger partial charge in [-0.05, 0) is 236 Å². The number of carbonyl (C=O) groups excluding carboxylic acids is 4. The monoisotopic (exact) mass is 1680 g/mol. The molecule has 7 aliphatic rings. The zero-order valence-corrected chi connectivity index (χ0v) is 70.7. The molecule has 3 aromatic heterocycles.